The minimum Gasteiger partial charge on any atom is -0.379 e. The van der Waals surface area contributed by atoms with E-state index in [1.54, 1.807) is 18.4 Å². The Labute approximate surface area is 95.9 Å². The number of aryl methyl sites for hydroxylation is 1. The van der Waals surface area contributed by atoms with Crippen molar-refractivity contribution in [2.75, 3.05) is 7.11 Å². The zero-order valence-electron chi connectivity index (χ0n) is 10.2. The molecular weight excluding hydrogens is 208 g/mol. The third-order valence-corrected chi connectivity index (χ3v) is 3.11. The molecule has 0 aliphatic rings. The van der Waals surface area contributed by atoms with Gasteiger partial charge in [-0.2, -0.15) is 0 Å². The molecule has 15 heavy (non-hydrogen) atoms. The fourth-order valence-corrected chi connectivity index (χ4v) is 2.15. The molecule has 0 spiro atoms. The van der Waals surface area contributed by atoms with Crippen LogP contribution in [0.15, 0.2) is 0 Å². The molecule has 4 heteroatoms. The van der Waals surface area contributed by atoms with Gasteiger partial charge in [0.25, 0.3) is 0 Å². The zero-order valence-corrected chi connectivity index (χ0v) is 11.0. The zero-order chi connectivity index (χ0) is 11.5. The Morgan fingerprint density at radius 2 is 2.07 bits per heavy atom. The van der Waals surface area contributed by atoms with E-state index in [-0.39, 0.29) is 5.54 Å². The summed E-state index contributed by atoms with van der Waals surface area (Å²) in [5, 5.41) is 4.56. The van der Waals surface area contributed by atoms with E-state index in [0.29, 0.717) is 6.61 Å². The quantitative estimate of drug-likeness (QED) is 0.859. The van der Waals surface area contributed by atoms with E-state index in [1.807, 2.05) is 6.92 Å². The van der Waals surface area contributed by atoms with Crippen molar-refractivity contribution in [2.24, 2.45) is 0 Å². The number of rotatable bonds is 4. The van der Waals surface area contributed by atoms with Crippen LogP contribution in [-0.4, -0.2) is 17.6 Å². The minimum absolute atomic E-state index is 0.140. The van der Waals surface area contributed by atoms with Gasteiger partial charge in [-0.15, -0.1) is 11.3 Å². The van der Waals surface area contributed by atoms with Gasteiger partial charge >= 0.3 is 0 Å². The van der Waals surface area contributed by atoms with Crippen molar-refractivity contribution in [2.45, 2.75) is 46.4 Å². The Hall–Kier alpha value is -0.450. The molecule has 1 aromatic rings. The van der Waals surface area contributed by atoms with Gasteiger partial charge in [0.1, 0.15) is 5.01 Å². The van der Waals surface area contributed by atoms with Crippen molar-refractivity contribution in [3.63, 3.8) is 0 Å². The van der Waals surface area contributed by atoms with Gasteiger partial charge in [0.15, 0.2) is 0 Å². The molecule has 1 heterocycles. The number of aromatic nitrogens is 1. The van der Waals surface area contributed by atoms with Crippen LogP contribution in [0.2, 0.25) is 0 Å². The molecule has 0 saturated carbocycles. The van der Waals surface area contributed by atoms with Crippen molar-refractivity contribution in [1.82, 2.24) is 10.3 Å². The lowest BCUT2D eigenvalue weighted by molar-refractivity contribution is 0.187. The largest absolute Gasteiger partial charge is 0.379 e. The summed E-state index contributed by atoms with van der Waals surface area (Å²) in [6.45, 7) is 10.00. The maximum atomic E-state index is 5.12. The van der Waals surface area contributed by atoms with Gasteiger partial charge in [-0.25, -0.2) is 4.98 Å². The average molecular weight is 228 g/mol. The lowest BCUT2D eigenvalue weighted by Gasteiger charge is -2.19. The number of thiazole rings is 1. The highest BCUT2D eigenvalue weighted by Crippen LogP contribution is 2.19. The number of methoxy groups -OCH3 is 1. The summed E-state index contributed by atoms with van der Waals surface area (Å²) in [4.78, 5) is 5.73. The molecule has 0 atom stereocenters. The average Bonchev–Trinajstić information content (AvgIpc) is 2.44. The van der Waals surface area contributed by atoms with E-state index >= 15 is 0 Å². The third kappa shape index (κ3) is 4.28. The predicted molar refractivity (Wildman–Crippen MR) is 64.2 cm³/mol. The van der Waals surface area contributed by atoms with Gasteiger partial charge in [-0.3, -0.25) is 0 Å². The van der Waals surface area contributed by atoms with Crippen LogP contribution in [0.1, 0.15) is 36.3 Å². The molecular formula is C11H20N2OS. The van der Waals surface area contributed by atoms with Crippen molar-refractivity contribution in [3.05, 3.63) is 15.6 Å². The Bertz CT molecular complexity index is 315. The van der Waals surface area contributed by atoms with Crippen molar-refractivity contribution in [1.29, 1.82) is 0 Å². The van der Waals surface area contributed by atoms with Crippen molar-refractivity contribution >= 4 is 11.3 Å². The molecule has 0 aromatic carbocycles. The lowest BCUT2D eigenvalue weighted by atomic mass is 10.1. The van der Waals surface area contributed by atoms with Gasteiger partial charge in [0.2, 0.25) is 0 Å². The smallest absolute Gasteiger partial charge is 0.107 e. The molecule has 0 fully saturated rings. The highest BCUT2D eigenvalue weighted by atomic mass is 32.1. The van der Waals surface area contributed by atoms with Crippen LogP contribution < -0.4 is 5.32 Å². The molecule has 0 bridgehead atoms. The second-order valence-corrected chi connectivity index (χ2v) is 5.82. The van der Waals surface area contributed by atoms with E-state index in [9.17, 15) is 0 Å². The number of nitrogens with zero attached hydrogens (tertiary/aromatic N) is 1. The van der Waals surface area contributed by atoms with E-state index < -0.39 is 0 Å². The maximum absolute atomic E-state index is 5.12. The molecule has 86 valence electrons. The van der Waals surface area contributed by atoms with E-state index in [0.717, 1.165) is 17.2 Å². The third-order valence-electron chi connectivity index (χ3n) is 1.98. The topological polar surface area (TPSA) is 34.1 Å². The van der Waals surface area contributed by atoms with Crippen molar-refractivity contribution in [3.8, 4) is 0 Å². The summed E-state index contributed by atoms with van der Waals surface area (Å²) in [5.74, 6) is 0. The van der Waals surface area contributed by atoms with Gasteiger partial charge in [-0.05, 0) is 27.7 Å². The van der Waals surface area contributed by atoms with Gasteiger partial charge in [0, 0.05) is 19.2 Å². The number of ether oxygens (including phenoxy) is 1. The molecule has 0 unspecified atom stereocenters. The minimum atomic E-state index is 0.140. The first-order valence-electron chi connectivity index (χ1n) is 5.11. The summed E-state index contributed by atoms with van der Waals surface area (Å²) in [5.41, 5.74) is 1.23. The summed E-state index contributed by atoms with van der Waals surface area (Å²) < 4.78 is 5.12. The number of hydrogen-bond donors (Lipinski definition) is 1. The first-order chi connectivity index (χ1) is 6.92. The number of nitrogens with one attached hydrogen (secondary N) is 1. The van der Waals surface area contributed by atoms with Gasteiger partial charge < -0.3 is 10.1 Å². The van der Waals surface area contributed by atoms with E-state index in [1.165, 1.54) is 4.88 Å². The Balaban J connectivity index is 2.59. The van der Waals surface area contributed by atoms with E-state index in [4.69, 9.17) is 4.74 Å². The van der Waals surface area contributed by atoms with Crippen LogP contribution in [0.3, 0.4) is 0 Å². The summed E-state index contributed by atoms with van der Waals surface area (Å²) in [6.07, 6.45) is 0. The standard InChI is InChI=1S/C11H20N2OS/c1-8-9(7-14-5)15-10(13-8)6-12-11(2,3)4/h12H,6-7H2,1-5H3. The molecule has 3 nitrogen and oxygen atoms in total. The normalized spacial score (nSPS) is 12.1. The summed E-state index contributed by atoms with van der Waals surface area (Å²) >= 11 is 1.73. The summed E-state index contributed by atoms with van der Waals surface area (Å²) in [7, 11) is 1.71. The summed E-state index contributed by atoms with van der Waals surface area (Å²) in [6, 6.07) is 0. The number of hydrogen-bond acceptors (Lipinski definition) is 4. The molecule has 0 amide bonds. The van der Waals surface area contributed by atoms with Crippen LogP contribution in [0.5, 0.6) is 0 Å². The molecule has 0 aliphatic heterocycles. The lowest BCUT2D eigenvalue weighted by Crippen LogP contribution is -2.35. The maximum Gasteiger partial charge on any atom is 0.107 e. The second kappa shape index (κ2) is 5.05. The highest BCUT2D eigenvalue weighted by Gasteiger charge is 2.11. The second-order valence-electron chi connectivity index (χ2n) is 4.65. The molecule has 0 saturated heterocycles. The van der Waals surface area contributed by atoms with Crippen LogP contribution in [0.25, 0.3) is 0 Å². The van der Waals surface area contributed by atoms with Crippen LogP contribution in [0, 0.1) is 6.92 Å². The monoisotopic (exact) mass is 228 g/mol. The first-order valence-corrected chi connectivity index (χ1v) is 5.93. The molecule has 1 rings (SSSR count). The molecule has 0 aliphatic carbocycles. The van der Waals surface area contributed by atoms with Crippen LogP contribution in [0.4, 0.5) is 0 Å². The first kappa shape index (κ1) is 12.6. The van der Waals surface area contributed by atoms with Crippen LogP contribution in [-0.2, 0) is 17.9 Å². The van der Waals surface area contributed by atoms with E-state index in [2.05, 4.69) is 31.1 Å². The van der Waals surface area contributed by atoms with Gasteiger partial charge in [-0.1, -0.05) is 0 Å². The molecule has 1 aromatic heterocycles. The van der Waals surface area contributed by atoms with Crippen molar-refractivity contribution < 1.29 is 4.74 Å². The molecule has 1 N–H and O–H groups in total. The SMILES string of the molecule is COCc1sc(CNC(C)(C)C)nc1C. The highest BCUT2D eigenvalue weighted by molar-refractivity contribution is 7.11. The Morgan fingerprint density at radius 1 is 1.40 bits per heavy atom. The Morgan fingerprint density at radius 3 is 2.60 bits per heavy atom. The van der Waals surface area contributed by atoms with Gasteiger partial charge in [0.05, 0.1) is 17.2 Å². The molecule has 0 radical (unpaired) electrons. The fraction of sp³-hybridized carbons (Fsp3) is 0.727. The van der Waals surface area contributed by atoms with Crippen LogP contribution >= 0.6 is 11.3 Å². The Kier molecular flexibility index (Phi) is 4.25. The predicted octanol–water partition coefficient (Wildman–Crippen LogP) is 2.49. The fourth-order valence-electron chi connectivity index (χ4n) is 1.17.